The molecule has 414 valence electrons. The smallest absolute Gasteiger partial charge is 0.387 e. The molecule has 9 heteroatoms. The van der Waals surface area contributed by atoms with Gasteiger partial charge in [-0.15, -0.1) is 0 Å². The molecule has 0 radical (unpaired) electrons. The Labute approximate surface area is 436 Å². The Morgan fingerprint density at radius 3 is 1.14 bits per heavy atom. The predicted octanol–water partition coefficient (Wildman–Crippen LogP) is 18.5. The Balaban J connectivity index is 4.22. The molecule has 0 aromatic rings. The molecule has 0 spiro atoms. The molecule has 3 unspecified atom stereocenters. The predicted molar refractivity (Wildman–Crippen MR) is 304 cm³/mol. The molecule has 0 aliphatic heterocycles. The van der Waals surface area contributed by atoms with Gasteiger partial charge in [0.1, 0.15) is 13.2 Å². The van der Waals surface area contributed by atoms with Gasteiger partial charge in [-0.05, 0) is 44.9 Å². The number of amides is 1. The zero-order chi connectivity index (χ0) is 51.3. The molecule has 0 aromatic carbocycles. The number of unbranched alkanes of at least 4 members (excludes halogenated alkanes) is 39. The van der Waals surface area contributed by atoms with Crippen molar-refractivity contribution in [3.05, 3.63) is 36.5 Å². The quantitative estimate of drug-likeness (QED) is 0.0243. The van der Waals surface area contributed by atoms with Gasteiger partial charge in [0.25, 0.3) is 0 Å². The molecule has 0 fully saturated rings. The largest absolute Gasteiger partial charge is 0.472 e. The minimum absolute atomic E-state index is 0.0552. The van der Waals surface area contributed by atoms with E-state index in [1.54, 1.807) is 6.08 Å². The fraction of sp³-hybridized carbons (Fsp3) is 0.885. The van der Waals surface area contributed by atoms with E-state index in [-0.39, 0.29) is 19.1 Å². The van der Waals surface area contributed by atoms with Crippen molar-refractivity contribution in [2.24, 2.45) is 0 Å². The second kappa shape index (κ2) is 52.6. The average molecular weight is 1010 g/mol. The Kier molecular flexibility index (Phi) is 51.6. The van der Waals surface area contributed by atoms with Crippen LogP contribution in [0.4, 0.5) is 0 Å². The Bertz CT molecular complexity index is 1230. The van der Waals surface area contributed by atoms with E-state index in [9.17, 15) is 19.4 Å². The molecular weight excluding hydrogens is 888 g/mol. The van der Waals surface area contributed by atoms with E-state index in [1.807, 2.05) is 27.2 Å². The zero-order valence-corrected chi connectivity index (χ0v) is 48.2. The molecule has 8 nitrogen and oxygen atoms in total. The lowest BCUT2D eigenvalue weighted by Gasteiger charge is -2.25. The molecule has 0 saturated heterocycles. The third-order valence-electron chi connectivity index (χ3n) is 13.8. The number of quaternary nitrogens is 1. The molecule has 1 amide bonds. The molecule has 3 atom stereocenters. The number of carbonyl (C=O) groups excluding carboxylic acids is 1. The van der Waals surface area contributed by atoms with Crippen LogP contribution < -0.4 is 5.32 Å². The summed E-state index contributed by atoms with van der Waals surface area (Å²) in [6.45, 7) is 4.83. The van der Waals surface area contributed by atoms with Gasteiger partial charge < -0.3 is 19.8 Å². The highest BCUT2D eigenvalue weighted by Crippen LogP contribution is 2.43. The lowest BCUT2D eigenvalue weighted by molar-refractivity contribution is -0.870. The number of allylic oxidation sites excluding steroid dienone is 5. The third-order valence-corrected chi connectivity index (χ3v) is 14.8. The summed E-state index contributed by atoms with van der Waals surface area (Å²) >= 11 is 0. The van der Waals surface area contributed by atoms with E-state index in [0.717, 1.165) is 44.9 Å². The highest BCUT2D eigenvalue weighted by molar-refractivity contribution is 7.47. The summed E-state index contributed by atoms with van der Waals surface area (Å²) in [5, 5.41) is 13.9. The molecule has 0 saturated carbocycles. The third kappa shape index (κ3) is 54.5. The fourth-order valence-electron chi connectivity index (χ4n) is 9.08. The van der Waals surface area contributed by atoms with Crippen molar-refractivity contribution in [2.45, 2.75) is 309 Å². The Morgan fingerprint density at radius 1 is 0.471 bits per heavy atom. The van der Waals surface area contributed by atoms with Crippen molar-refractivity contribution < 1.29 is 32.9 Å². The lowest BCUT2D eigenvalue weighted by atomic mass is 10.0. The van der Waals surface area contributed by atoms with Crippen molar-refractivity contribution in [3.8, 4) is 0 Å². The molecule has 70 heavy (non-hydrogen) atoms. The number of nitrogens with one attached hydrogen (secondary N) is 1. The van der Waals surface area contributed by atoms with Crippen molar-refractivity contribution in [3.63, 3.8) is 0 Å². The minimum atomic E-state index is -4.36. The number of aliphatic hydroxyl groups is 1. The molecular formula is C61H120N2O6P+. The van der Waals surface area contributed by atoms with Crippen LogP contribution in [0.1, 0.15) is 296 Å². The topological polar surface area (TPSA) is 105 Å². The molecule has 0 rings (SSSR count). The van der Waals surface area contributed by atoms with Crippen LogP contribution in [0, 0.1) is 0 Å². The molecule has 0 aromatic heterocycles. The first-order chi connectivity index (χ1) is 34.0. The maximum atomic E-state index is 13.0. The molecule has 0 bridgehead atoms. The number of hydrogen-bond donors (Lipinski definition) is 3. The van der Waals surface area contributed by atoms with Crippen molar-refractivity contribution in [1.29, 1.82) is 0 Å². The van der Waals surface area contributed by atoms with Crippen LogP contribution >= 0.6 is 7.82 Å². The van der Waals surface area contributed by atoms with Gasteiger partial charge in [-0.3, -0.25) is 13.8 Å². The molecule has 0 aliphatic rings. The maximum absolute atomic E-state index is 13.0. The normalized spacial score (nSPS) is 14.1. The van der Waals surface area contributed by atoms with Gasteiger partial charge >= 0.3 is 7.82 Å². The van der Waals surface area contributed by atoms with E-state index in [1.165, 1.54) is 231 Å². The highest BCUT2D eigenvalue weighted by Gasteiger charge is 2.27. The van der Waals surface area contributed by atoms with Crippen molar-refractivity contribution in [1.82, 2.24) is 5.32 Å². The fourth-order valence-corrected chi connectivity index (χ4v) is 9.81. The number of likely N-dealkylation sites (N-methyl/N-ethyl adjacent to an activating group) is 1. The number of hydrogen-bond acceptors (Lipinski definition) is 5. The maximum Gasteiger partial charge on any atom is 0.472 e. The van der Waals surface area contributed by atoms with Gasteiger partial charge in [-0.25, -0.2) is 4.57 Å². The summed E-state index contributed by atoms with van der Waals surface area (Å²) in [5.74, 6) is -0.186. The summed E-state index contributed by atoms with van der Waals surface area (Å²) in [7, 11) is 1.56. The van der Waals surface area contributed by atoms with Gasteiger partial charge in [0, 0.05) is 6.42 Å². The monoisotopic (exact) mass is 1010 g/mol. The lowest BCUT2D eigenvalue weighted by Crippen LogP contribution is -2.45. The first-order valence-corrected chi connectivity index (χ1v) is 31.9. The SMILES string of the molecule is CCCCCCCCCCCCCCCCCCCC/C=C/CC/C=C/CC/C=C/C(O)C(COP(=O)(O)OCC[N+](C)(C)C)NC(=O)CCCCCCCCCCCCCCCCCCCCCC. The summed E-state index contributed by atoms with van der Waals surface area (Å²) in [6.07, 6.45) is 68.4. The van der Waals surface area contributed by atoms with Crippen LogP contribution in [-0.2, 0) is 18.4 Å². The number of nitrogens with zero attached hydrogens (tertiary/aromatic N) is 1. The first-order valence-electron chi connectivity index (χ1n) is 30.4. The van der Waals surface area contributed by atoms with Gasteiger partial charge in [-0.2, -0.15) is 0 Å². The van der Waals surface area contributed by atoms with E-state index >= 15 is 0 Å². The molecule has 0 aliphatic carbocycles. The van der Waals surface area contributed by atoms with Gasteiger partial charge in [-0.1, -0.05) is 281 Å². The first kappa shape index (κ1) is 68.7. The number of carbonyl (C=O) groups is 1. The van der Waals surface area contributed by atoms with E-state index in [0.29, 0.717) is 17.4 Å². The van der Waals surface area contributed by atoms with E-state index in [4.69, 9.17) is 9.05 Å². The van der Waals surface area contributed by atoms with Gasteiger partial charge in [0.05, 0.1) is 39.9 Å². The Morgan fingerprint density at radius 2 is 0.786 bits per heavy atom. The zero-order valence-electron chi connectivity index (χ0n) is 47.3. The van der Waals surface area contributed by atoms with Crippen LogP contribution in [0.5, 0.6) is 0 Å². The number of aliphatic hydroxyl groups excluding tert-OH is 1. The van der Waals surface area contributed by atoms with Gasteiger partial charge in [0.15, 0.2) is 0 Å². The van der Waals surface area contributed by atoms with Gasteiger partial charge in [0.2, 0.25) is 5.91 Å². The second-order valence-corrected chi connectivity index (χ2v) is 23.5. The van der Waals surface area contributed by atoms with Crippen LogP contribution in [0.3, 0.4) is 0 Å². The summed E-state index contributed by atoms with van der Waals surface area (Å²) in [4.78, 5) is 23.3. The molecule has 0 heterocycles. The number of phosphoric acid groups is 1. The standard InChI is InChI=1S/C61H119N2O6P/c1-6-8-10-12-14-16-18-20-22-24-26-28-29-30-31-32-33-34-35-36-38-40-42-44-46-48-50-52-54-60(64)59(58-69-70(66,67)68-57-56-63(3,4)5)62-61(65)55-53-51-49-47-45-43-41-39-37-27-25-23-21-19-17-15-13-11-9-7-2/h36,38,44,46,52,54,59-60,64H,6-35,37,39-43,45,47-51,53,55-58H2,1-5H3,(H-,62,65,66,67)/p+1/b38-36+,46-44+,54-52+. The minimum Gasteiger partial charge on any atom is -0.387 e. The van der Waals surface area contributed by atoms with Crippen molar-refractivity contribution in [2.75, 3.05) is 40.9 Å². The van der Waals surface area contributed by atoms with Crippen LogP contribution in [0.15, 0.2) is 36.5 Å². The molecule has 3 N–H and O–H groups in total. The summed E-state index contributed by atoms with van der Waals surface area (Å²) < 4.78 is 23.7. The van der Waals surface area contributed by atoms with Crippen LogP contribution in [0.25, 0.3) is 0 Å². The number of rotatable bonds is 56. The van der Waals surface area contributed by atoms with E-state index < -0.39 is 20.0 Å². The second-order valence-electron chi connectivity index (χ2n) is 22.1. The number of phosphoric ester groups is 1. The van der Waals surface area contributed by atoms with Crippen molar-refractivity contribution >= 4 is 13.7 Å². The average Bonchev–Trinajstić information content (AvgIpc) is 3.32. The summed E-state index contributed by atoms with van der Waals surface area (Å²) in [5.41, 5.74) is 0. The van der Waals surface area contributed by atoms with Crippen LogP contribution in [0.2, 0.25) is 0 Å². The van der Waals surface area contributed by atoms with Crippen LogP contribution in [-0.4, -0.2) is 73.4 Å². The summed E-state index contributed by atoms with van der Waals surface area (Å²) in [6, 6.07) is -0.868. The Hall–Kier alpha value is -1.28. The van der Waals surface area contributed by atoms with E-state index in [2.05, 4.69) is 43.5 Å². The highest BCUT2D eigenvalue weighted by atomic mass is 31.2.